The van der Waals surface area contributed by atoms with E-state index in [0.29, 0.717) is 27.6 Å². The molecule has 0 bridgehead atoms. The van der Waals surface area contributed by atoms with Crippen molar-refractivity contribution in [2.24, 2.45) is 0 Å². The van der Waals surface area contributed by atoms with Crippen LogP contribution in [0.1, 0.15) is 16.1 Å². The van der Waals surface area contributed by atoms with Crippen molar-refractivity contribution in [3.63, 3.8) is 0 Å². The number of anilines is 1. The van der Waals surface area contributed by atoms with Crippen LogP contribution in [0.4, 0.5) is 14.5 Å². The standard InChI is InChI=1S/C20H13ClF2N4O2/c21-16-2-1-3-17(23)15(16)11-27-10-14(9-24-27)25-20(28)18-8-19(29-26-18)12-4-6-13(22)7-5-12/h1-10H,11H2,(H,25,28). The van der Waals surface area contributed by atoms with Crippen molar-refractivity contribution in [1.82, 2.24) is 14.9 Å². The summed E-state index contributed by atoms with van der Waals surface area (Å²) in [6, 6.07) is 11.5. The molecule has 4 rings (SSSR count). The maximum Gasteiger partial charge on any atom is 0.277 e. The minimum atomic E-state index is -0.509. The van der Waals surface area contributed by atoms with Crippen LogP contribution in [-0.4, -0.2) is 20.8 Å². The number of aromatic nitrogens is 3. The number of hydrogen-bond acceptors (Lipinski definition) is 4. The number of carbonyl (C=O) groups excluding carboxylic acids is 1. The van der Waals surface area contributed by atoms with Crippen molar-refractivity contribution in [3.05, 3.63) is 88.8 Å². The zero-order valence-corrected chi connectivity index (χ0v) is 15.5. The molecule has 2 aromatic heterocycles. The molecule has 0 saturated heterocycles. The molecule has 0 atom stereocenters. The summed E-state index contributed by atoms with van der Waals surface area (Å²) in [5.74, 6) is -0.986. The summed E-state index contributed by atoms with van der Waals surface area (Å²) in [5, 5.41) is 10.8. The van der Waals surface area contributed by atoms with Gasteiger partial charge in [-0.15, -0.1) is 0 Å². The third-order valence-corrected chi connectivity index (χ3v) is 4.50. The summed E-state index contributed by atoms with van der Waals surface area (Å²) in [6.45, 7) is 0.111. The minimum Gasteiger partial charge on any atom is -0.355 e. The summed E-state index contributed by atoms with van der Waals surface area (Å²) in [6.07, 6.45) is 2.97. The normalized spacial score (nSPS) is 10.9. The highest BCUT2D eigenvalue weighted by molar-refractivity contribution is 6.31. The van der Waals surface area contributed by atoms with E-state index in [9.17, 15) is 13.6 Å². The fourth-order valence-electron chi connectivity index (χ4n) is 2.69. The molecule has 0 fully saturated rings. The van der Waals surface area contributed by atoms with Gasteiger partial charge in [0, 0.05) is 28.4 Å². The van der Waals surface area contributed by atoms with E-state index in [1.807, 2.05) is 0 Å². The van der Waals surface area contributed by atoms with Gasteiger partial charge < -0.3 is 9.84 Å². The van der Waals surface area contributed by atoms with Gasteiger partial charge in [-0.25, -0.2) is 8.78 Å². The maximum atomic E-state index is 13.9. The Morgan fingerprint density at radius 2 is 1.97 bits per heavy atom. The third kappa shape index (κ3) is 4.17. The molecule has 0 aliphatic rings. The van der Waals surface area contributed by atoms with Crippen molar-refractivity contribution in [1.29, 1.82) is 0 Å². The van der Waals surface area contributed by atoms with Crippen LogP contribution in [0.3, 0.4) is 0 Å². The highest BCUT2D eigenvalue weighted by Crippen LogP contribution is 2.22. The van der Waals surface area contributed by atoms with Crippen LogP contribution in [0.5, 0.6) is 0 Å². The summed E-state index contributed by atoms with van der Waals surface area (Å²) in [4.78, 5) is 12.4. The number of nitrogens with one attached hydrogen (secondary N) is 1. The van der Waals surface area contributed by atoms with Gasteiger partial charge in [0.2, 0.25) is 0 Å². The number of rotatable bonds is 5. The molecule has 29 heavy (non-hydrogen) atoms. The molecule has 0 radical (unpaired) electrons. The molecule has 0 spiro atoms. The summed E-state index contributed by atoms with van der Waals surface area (Å²) in [7, 11) is 0. The highest BCUT2D eigenvalue weighted by atomic mass is 35.5. The van der Waals surface area contributed by atoms with Crippen molar-refractivity contribution >= 4 is 23.2 Å². The van der Waals surface area contributed by atoms with Gasteiger partial charge in [-0.1, -0.05) is 22.8 Å². The Hall–Kier alpha value is -3.52. The Bertz CT molecular complexity index is 1150. The third-order valence-electron chi connectivity index (χ3n) is 4.14. The quantitative estimate of drug-likeness (QED) is 0.510. The molecule has 1 amide bonds. The Morgan fingerprint density at radius 1 is 1.17 bits per heavy atom. The van der Waals surface area contributed by atoms with Crippen molar-refractivity contribution in [2.75, 3.05) is 5.32 Å². The Morgan fingerprint density at radius 3 is 2.72 bits per heavy atom. The first-order valence-corrected chi connectivity index (χ1v) is 8.87. The van der Waals surface area contributed by atoms with Gasteiger partial charge in [-0.2, -0.15) is 5.10 Å². The van der Waals surface area contributed by atoms with Crippen LogP contribution in [0.2, 0.25) is 5.02 Å². The molecular formula is C20H13ClF2N4O2. The molecular weight excluding hydrogens is 402 g/mol. The van der Waals surface area contributed by atoms with Gasteiger partial charge in [0.1, 0.15) is 11.6 Å². The monoisotopic (exact) mass is 414 g/mol. The number of hydrogen-bond donors (Lipinski definition) is 1. The number of benzene rings is 2. The highest BCUT2D eigenvalue weighted by Gasteiger charge is 2.15. The summed E-state index contributed by atoms with van der Waals surface area (Å²) >= 11 is 6.02. The SMILES string of the molecule is O=C(Nc1cnn(Cc2c(F)cccc2Cl)c1)c1cc(-c2ccc(F)cc2)on1. The summed E-state index contributed by atoms with van der Waals surface area (Å²) in [5.41, 5.74) is 1.34. The van der Waals surface area contributed by atoms with Gasteiger partial charge in [0.15, 0.2) is 11.5 Å². The molecule has 4 aromatic rings. The van der Waals surface area contributed by atoms with Crippen LogP contribution < -0.4 is 5.32 Å². The Kier molecular flexibility index (Phi) is 5.09. The second-order valence-corrected chi connectivity index (χ2v) is 6.57. The largest absolute Gasteiger partial charge is 0.355 e. The molecule has 0 unspecified atom stereocenters. The predicted molar refractivity (Wildman–Crippen MR) is 103 cm³/mol. The predicted octanol–water partition coefficient (Wildman–Crippen LogP) is 4.77. The first-order valence-electron chi connectivity index (χ1n) is 8.49. The Labute approximate surface area is 168 Å². The molecule has 146 valence electrons. The molecule has 0 saturated carbocycles. The maximum absolute atomic E-state index is 13.9. The zero-order valence-electron chi connectivity index (χ0n) is 14.8. The Balaban J connectivity index is 1.45. The number of amides is 1. The van der Waals surface area contributed by atoms with E-state index in [-0.39, 0.29) is 18.1 Å². The molecule has 6 nitrogen and oxygen atoms in total. The first kappa shape index (κ1) is 18.8. The van der Waals surface area contributed by atoms with Crippen LogP contribution in [0.25, 0.3) is 11.3 Å². The van der Waals surface area contributed by atoms with Gasteiger partial charge >= 0.3 is 0 Å². The smallest absolute Gasteiger partial charge is 0.277 e. The molecule has 9 heteroatoms. The van der Waals surface area contributed by atoms with Crippen LogP contribution in [-0.2, 0) is 6.54 Å². The lowest BCUT2D eigenvalue weighted by molar-refractivity contribution is 0.101. The van der Waals surface area contributed by atoms with E-state index < -0.39 is 11.7 Å². The molecule has 0 aliphatic heterocycles. The van der Waals surface area contributed by atoms with E-state index >= 15 is 0 Å². The van der Waals surface area contributed by atoms with Crippen molar-refractivity contribution < 1.29 is 18.1 Å². The topological polar surface area (TPSA) is 73.0 Å². The van der Waals surface area contributed by atoms with E-state index in [0.717, 1.165) is 0 Å². The lowest BCUT2D eigenvalue weighted by Gasteiger charge is -2.05. The lowest BCUT2D eigenvalue weighted by Crippen LogP contribution is -2.11. The second-order valence-electron chi connectivity index (χ2n) is 6.16. The lowest BCUT2D eigenvalue weighted by atomic mass is 10.1. The van der Waals surface area contributed by atoms with Crippen LogP contribution >= 0.6 is 11.6 Å². The van der Waals surface area contributed by atoms with Gasteiger partial charge in [-0.05, 0) is 36.4 Å². The summed E-state index contributed by atoms with van der Waals surface area (Å²) < 4.78 is 33.5. The minimum absolute atomic E-state index is 0.0502. The molecule has 2 heterocycles. The van der Waals surface area contributed by atoms with Crippen LogP contribution in [0, 0.1) is 11.6 Å². The van der Waals surface area contributed by atoms with Crippen molar-refractivity contribution in [3.8, 4) is 11.3 Å². The van der Waals surface area contributed by atoms with Gasteiger partial charge in [-0.3, -0.25) is 9.48 Å². The van der Waals surface area contributed by atoms with Crippen molar-refractivity contribution in [2.45, 2.75) is 6.54 Å². The number of halogens is 3. The number of nitrogens with zero attached hydrogens (tertiary/aromatic N) is 3. The zero-order chi connectivity index (χ0) is 20.4. The molecule has 2 aromatic carbocycles. The number of carbonyl (C=O) groups is 1. The fraction of sp³-hybridized carbons (Fsp3) is 0.0500. The van der Waals surface area contributed by atoms with E-state index in [4.69, 9.17) is 16.1 Å². The average molecular weight is 415 g/mol. The van der Waals surface area contributed by atoms with E-state index in [2.05, 4.69) is 15.6 Å². The second kappa shape index (κ2) is 7.84. The molecule has 1 N–H and O–H groups in total. The van der Waals surface area contributed by atoms with Crippen LogP contribution in [0.15, 0.2) is 65.4 Å². The first-order chi connectivity index (χ1) is 14.0. The fourth-order valence-corrected chi connectivity index (χ4v) is 2.91. The molecule has 0 aliphatic carbocycles. The van der Waals surface area contributed by atoms with E-state index in [1.54, 1.807) is 12.3 Å². The van der Waals surface area contributed by atoms with E-state index in [1.165, 1.54) is 53.3 Å². The van der Waals surface area contributed by atoms with Gasteiger partial charge in [0.05, 0.1) is 18.4 Å². The average Bonchev–Trinajstić information content (AvgIpc) is 3.35. The van der Waals surface area contributed by atoms with Gasteiger partial charge in [0.25, 0.3) is 5.91 Å².